The van der Waals surface area contributed by atoms with Gasteiger partial charge in [-0.05, 0) is 37.9 Å². The van der Waals surface area contributed by atoms with E-state index in [1.165, 1.54) is 0 Å². The van der Waals surface area contributed by atoms with Gasteiger partial charge >= 0.3 is 6.09 Å². The fourth-order valence-corrected chi connectivity index (χ4v) is 2.54. The largest absolute Gasteiger partial charge is 0.445 e. The third kappa shape index (κ3) is 4.10. The second-order valence-corrected chi connectivity index (χ2v) is 5.21. The van der Waals surface area contributed by atoms with E-state index in [2.05, 4.69) is 17.2 Å². The van der Waals surface area contributed by atoms with Crippen molar-refractivity contribution in [2.75, 3.05) is 13.1 Å². The van der Waals surface area contributed by atoms with Crippen LogP contribution >= 0.6 is 0 Å². The number of rotatable bonds is 5. The van der Waals surface area contributed by atoms with Gasteiger partial charge in [0.05, 0.1) is 0 Å². The Labute approximate surface area is 120 Å². The van der Waals surface area contributed by atoms with E-state index in [0.29, 0.717) is 6.61 Å². The van der Waals surface area contributed by atoms with Crippen LogP contribution in [-0.4, -0.2) is 24.7 Å². The molecule has 0 saturated carbocycles. The topological polar surface area (TPSA) is 50.4 Å². The molecule has 0 aromatic heterocycles. The van der Waals surface area contributed by atoms with Gasteiger partial charge in [-0.1, -0.05) is 36.4 Å². The molecule has 1 fully saturated rings. The van der Waals surface area contributed by atoms with Crippen LogP contribution in [0.2, 0.25) is 0 Å². The maximum Gasteiger partial charge on any atom is 0.407 e. The molecule has 0 atom stereocenters. The monoisotopic (exact) mass is 274 g/mol. The van der Waals surface area contributed by atoms with Gasteiger partial charge in [-0.25, -0.2) is 4.79 Å². The van der Waals surface area contributed by atoms with Crippen LogP contribution in [0.5, 0.6) is 0 Å². The van der Waals surface area contributed by atoms with Crippen molar-refractivity contribution in [3.63, 3.8) is 0 Å². The molecule has 1 saturated heterocycles. The highest BCUT2D eigenvalue weighted by Gasteiger charge is 2.32. The molecule has 1 aliphatic heterocycles. The smallest absolute Gasteiger partial charge is 0.407 e. The first-order chi connectivity index (χ1) is 9.74. The minimum atomic E-state index is -0.349. The van der Waals surface area contributed by atoms with E-state index in [1.807, 2.05) is 36.4 Å². The Morgan fingerprint density at radius 3 is 2.70 bits per heavy atom. The highest BCUT2D eigenvalue weighted by molar-refractivity contribution is 5.68. The Morgan fingerprint density at radius 2 is 2.05 bits per heavy atom. The summed E-state index contributed by atoms with van der Waals surface area (Å²) in [7, 11) is 0. The summed E-state index contributed by atoms with van der Waals surface area (Å²) in [5.74, 6) is 0. The number of carbonyl (C=O) groups is 1. The maximum atomic E-state index is 12.0. The molecule has 0 spiro atoms. The molecule has 108 valence electrons. The van der Waals surface area contributed by atoms with Crippen molar-refractivity contribution >= 4 is 6.09 Å². The average Bonchev–Trinajstić information content (AvgIpc) is 2.47. The first-order valence-electron chi connectivity index (χ1n) is 7.05. The Kier molecular flexibility index (Phi) is 5.18. The van der Waals surface area contributed by atoms with E-state index in [-0.39, 0.29) is 11.6 Å². The lowest BCUT2D eigenvalue weighted by Crippen LogP contribution is -2.54. The first-order valence-corrected chi connectivity index (χ1v) is 7.05. The fraction of sp³-hybridized carbons (Fsp3) is 0.438. The third-order valence-electron chi connectivity index (χ3n) is 3.68. The van der Waals surface area contributed by atoms with Gasteiger partial charge in [0.25, 0.3) is 0 Å². The molecule has 0 bridgehead atoms. The summed E-state index contributed by atoms with van der Waals surface area (Å²) in [6.45, 7) is 5.91. The number of carbonyl (C=O) groups excluding carboxylic acids is 1. The molecule has 1 aromatic rings. The molecule has 0 radical (unpaired) electrons. The van der Waals surface area contributed by atoms with Gasteiger partial charge in [0.2, 0.25) is 0 Å². The molecule has 0 aliphatic carbocycles. The Hall–Kier alpha value is -1.81. The van der Waals surface area contributed by atoms with Crippen LogP contribution in [0.25, 0.3) is 0 Å². The van der Waals surface area contributed by atoms with Gasteiger partial charge < -0.3 is 15.4 Å². The van der Waals surface area contributed by atoms with Crippen LogP contribution in [0.3, 0.4) is 0 Å². The summed E-state index contributed by atoms with van der Waals surface area (Å²) in [5, 5.41) is 6.33. The quantitative estimate of drug-likeness (QED) is 0.811. The number of hydrogen-bond donors (Lipinski definition) is 2. The van der Waals surface area contributed by atoms with Gasteiger partial charge in [-0.2, -0.15) is 0 Å². The van der Waals surface area contributed by atoms with E-state index >= 15 is 0 Å². The minimum absolute atomic E-state index is 0.208. The third-order valence-corrected chi connectivity index (χ3v) is 3.68. The molecular formula is C16H22N2O2. The summed E-state index contributed by atoms with van der Waals surface area (Å²) >= 11 is 0. The molecule has 1 amide bonds. The Balaban J connectivity index is 1.86. The zero-order valence-electron chi connectivity index (χ0n) is 11.7. The lowest BCUT2D eigenvalue weighted by atomic mass is 9.85. The summed E-state index contributed by atoms with van der Waals surface area (Å²) in [4.78, 5) is 12.0. The molecule has 1 aromatic carbocycles. The first kappa shape index (κ1) is 14.6. The zero-order chi connectivity index (χ0) is 14.3. The van der Waals surface area contributed by atoms with Gasteiger partial charge in [-0.3, -0.25) is 0 Å². The van der Waals surface area contributed by atoms with Crippen LogP contribution in [0.15, 0.2) is 43.0 Å². The van der Waals surface area contributed by atoms with Gasteiger partial charge in [0, 0.05) is 5.54 Å². The summed E-state index contributed by atoms with van der Waals surface area (Å²) in [6, 6.07) is 9.69. The van der Waals surface area contributed by atoms with Gasteiger partial charge in [-0.15, -0.1) is 6.58 Å². The molecule has 2 N–H and O–H groups in total. The van der Waals surface area contributed by atoms with Crippen LogP contribution in [-0.2, 0) is 11.3 Å². The summed E-state index contributed by atoms with van der Waals surface area (Å²) in [6.07, 6.45) is 4.09. The lowest BCUT2D eigenvalue weighted by Gasteiger charge is -2.37. The van der Waals surface area contributed by atoms with Crippen molar-refractivity contribution in [3.8, 4) is 0 Å². The lowest BCUT2D eigenvalue weighted by molar-refractivity contribution is 0.119. The zero-order valence-corrected chi connectivity index (χ0v) is 11.7. The second kappa shape index (κ2) is 7.10. The summed E-state index contributed by atoms with van der Waals surface area (Å²) in [5.41, 5.74) is 0.784. The van der Waals surface area contributed by atoms with Crippen LogP contribution in [0.4, 0.5) is 4.79 Å². The van der Waals surface area contributed by atoms with E-state index in [1.54, 1.807) is 0 Å². The molecule has 4 heteroatoms. The molecule has 2 rings (SSSR count). The predicted octanol–water partition coefficient (Wildman–Crippen LogP) is 2.61. The Morgan fingerprint density at radius 1 is 1.35 bits per heavy atom. The summed E-state index contributed by atoms with van der Waals surface area (Å²) < 4.78 is 5.30. The molecule has 1 heterocycles. The Bertz CT molecular complexity index is 439. The standard InChI is InChI=1S/C16H22N2O2/c1-2-8-16(9-11-17-12-10-16)18-15(19)20-13-14-6-4-3-5-7-14/h2-7,17H,1,8-13H2,(H,18,19). The molecule has 1 aliphatic rings. The van der Waals surface area contributed by atoms with E-state index in [4.69, 9.17) is 4.74 Å². The fourth-order valence-electron chi connectivity index (χ4n) is 2.54. The minimum Gasteiger partial charge on any atom is -0.445 e. The number of amides is 1. The highest BCUT2D eigenvalue weighted by atomic mass is 16.5. The van der Waals surface area contributed by atoms with Crippen molar-refractivity contribution in [1.29, 1.82) is 0 Å². The number of hydrogen-bond acceptors (Lipinski definition) is 3. The molecule has 4 nitrogen and oxygen atoms in total. The van der Waals surface area contributed by atoms with E-state index < -0.39 is 0 Å². The maximum absolute atomic E-state index is 12.0. The van der Waals surface area contributed by atoms with Gasteiger partial charge in [0.15, 0.2) is 0 Å². The average molecular weight is 274 g/mol. The molecule has 20 heavy (non-hydrogen) atoms. The molecular weight excluding hydrogens is 252 g/mol. The van der Waals surface area contributed by atoms with Crippen molar-refractivity contribution in [1.82, 2.24) is 10.6 Å². The van der Waals surface area contributed by atoms with E-state index in [9.17, 15) is 4.79 Å². The van der Waals surface area contributed by atoms with Crippen LogP contribution in [0.1, 0.15) is 24.8 Å². The van der Waals surface area contributed by atoms with Gasteiger partial charge in [0.1, 0.15) is 6.61 Å². The van der Waals surface area contributed by atoms with Crippen molar-refractivity contribution in [2.45, 2.75) is 31.4 Å². The second-order valence-electron chi connectivity index (χ2n) is 5.21. The van der Waals surface area contributed by atoms with Crippen molar-refractivity contribution in [3.05, 3.63) is 48.6 Å². The number of ether oxygens (including phenoxy) is 1. The SMILES string of the molecule is C=CCC1(NC(=O)OCc2ccccc2)CCNCC1. The normalized spacial score (nSPS) is 17.2. The van der Waals surface area contributed by atoms with Crippen LogP contribution in [0, 0.1) is 0 Å². The predicted molar refractivity (Wildman–Crippen MR) is 79.4 cm³/mol. The van der Waals surface area contributed by atoms with Crippen molar-refractivity contribution < 1.29 is 9.53 Å². The number of piperidine rings is 1. The van der Waals surface area contributed by atoms with E-state index in [0.717, 1.165) is 37.9 Å². The number of benzene rings is 1. The van der Waals surface area contributed by atoms with Crippen molar-refractivity contribution in [2.24, 2.45) is 0 Å². The van der Waals surface area contributed by atoms with Crippen LogP contribution < -0.4 is 10.6 Å². The molecule has 0 unspecified atom stereocenters. The number of nitrogens with one attached hydrogen (secondary N) is 2. The highest BCUT2D eigenvalue weighted by Crippen LogP contribution is 2.23. The number of alkyl carbamates (subject to hydrolysis) is 1.